The van der Waals surface area contributed by atoms with Crippen molar-refractivity contribution in [1.82, 2.24) is 9.78 Å². The molecule has 0 aliphatic rings. The fraction of sp³-hybridized carbons (Fsp3) is 0.375. The maximum atomic E-state index is 11.7. The average Bonchev–Trinajstić information content (AvgIpc) is 2.81. The highest BCUT2D eigenvalue weighted by Crippen LogP contribution is 2.22. The van der Waals surface area contributed by atoms with Crippen LogP contribution >= 0.6 is 0 Å². The normalized spacial score (nSPS) is 11.4. The SMILES string of the molecule is CC(C)(C)c1ccc(COC(=O)Cn2ccc(N)n2)cc1. The molecule has 0 spiro atoms. The zero-order valence-electron chi connectivity index (χ0n) is 12.7. The number of nitrogens with two attached hydrogens (primary N) is 1. The largest absolute Gasteiger partial charge is 0.459 e. The van der Waals surface area contributed by atoms with Crippen molar-refractivity contribution in [1.29, 1.82) is 0 Å². The van der Waals surface area contributed by atoms with Crippen molar-refractivity contribution < 1.29 is 9.53 Å². The number of rotatable bonds is 4. The van der Waals surface area contributed by atoms with Gasteiger partial charge in [-0.15, -0.1) is 0 Å². The van der Waals surface area contributed by atoms with Crippen LogP contribution in [0.2, 0.25) is 0 Å². The van der Waals surface area contributed by atoms with E-state index in [1.807, 2.05) is 12.1 Å². The van der Waals surface area contributed by atoms with Crippen LogP contribution < -0.4 is 5.73 Å². The van der Waals surface area contributed by atoms with Crippen LogP contribution in [0.15, 0.2) is 36.5 Å². The molecule has 0 amide bonds. The van der Waals surface area contributed by atoms with E-state index in [1.54, 1.807) is 12.3 Å². The second kappa shape index (κ2) is 5.99. The fourth-order valence-electron chi connectivity index (χ4n) is 1.91. The van der Waals surface area contributed by atoms with Crippen molar-refractivity contribution in [2.45, 2.75) is 39.3 Å². The van der Waals surface area contributed by atoms with E-state index >= 15 is 0 Å². The molecule has 0 radical (unpaired) electrons. The van der Waals surface area contributed by atoms with Gasteiger partial charge in [0.15, 0.2) is 0 Å². The van der Waals surface area contributed by atoms with Crippen molar-refractivity contribution in [2.75, 3.05) is 5.73 Å². The number of benzene rings is 1. The molecule has 1 aromatic heterocycles. The van der Waals surface area contributed by atoms with E-state index in [1.165, 1.54) is 10.2 Å². The second-order valence-electron chi connectivity index (χ2n) is 6.05. The third-order valence-electron chi connectivity index (χ3n) is 3.17. The fourth-order valence-corrected chi connectivity index (χ4v) is 1.91. The molecule has 1 heterocycles. The number of nitrogens with zero attached hydrogens (tertiary/aromatic N) is 2. The predicted molar refractivity (Wildman–Crippen MR) is 81.6 cm³/mol. The van der Waals surface area contributed by atoms with Gasteiger partial charge in [0, 0.05) is 6.20 Å². The Bertz CT molecular complexity index is 609. The van der Waals surface area contributed by atoms with Gasteiger partial charge >= 0.3 is 5.97 Å². The number of esters is 1. The second-order valence-corrected chi connectivity index (χ2v) is 6.05. The molecule has 2 rings (SSSR count). The first-order valence-electron chi connectivity index (χ1n) is 6.88. The summed E-state index contributed by atoms with van der Waals surface area (Å²) >= 11 is 0. The Morgan fingerprint density at radius 3 is 2.43 bits per heavy atom. The van der Waals surface area contributed by atoms with E-state index in [4.69, 9.17) is 10.5 Å². The molecular weight excluding hydrogens is 266 g/mol. The standard InChI is InChI=1S/C16H21N3O2/c1-16(2,3)13-6-4-12(5-7-13)11-21-15(20)10-19-9-8-14(17)18-19/h4-9H,10-11H2,1-3H3,(H2,17,18). The van der Waals surface area contributed by atoms with Gasteiger partial charge in [-0.1, -0.05) is 45.0 Å². The molecule has 1 aromatic carbocycles. The van der Waals surface area contributed by atoms with E-state index in [2.05, 4.69) is 38.0 Å². The van der Waals surface area contributed by atoms with Gasteiger partial charge < -0.3 is 10.5 Å². The Morgan fingerprint density at radius 2 is 1.90 bits per heavy atom. The maximum Gasteiger partial charge on any atom is 0.328 e. The van der Waals surface area contributed by atoms with E-state index in [9.17, 15) is 4.79 Å². The molecule has 0 aliphatic heterocycles. The summed E-state index contributed by atoms with van der Waals surface area (Å²) in [5.41, 5.74) is 7.83. The van der Waals surface area contributed by atoms with Gasteiger partial charge in [-0.3, -0.25) is 9.48 Å². The van der Waals surface area contributed by atoms with Crippen molar-refractivity contribution in [3.8, 4) is 0 Å². The Morgan fingerprint density at radius 1 is 1.24 bits per heavy atom. The van der Waals surface area contributed by atoms with Crippen LogP contribution in [0.1, 0.15) is 31.9 Å². The predicted octanol–water partition coefficient (Wildman–Crippen LogP) is 2.51. The summed E-state index contributed by atoms with van der Waals surface area (Å²) in [7, 11) is 0. The van der Waals surface area contributed by atoms with E-state index in [-0.39, 0.29) is 24.5 Å². The molecule has 2 aromatic rings. The first-order valence-corrected chi connectivity index (χ1v) is 6.88. The van der Waals surface area contributed by atoms with E-state index in [0.717, 1.165) is 5.56 Å². The highest BCUT2D eigenvalue weighted by molar-refractivity contribution is 5.69. The summed E-state index contributed by atoms with van der Waals surface area (Å²) in [6.45, 7) is 6.82. The van der Waals surface area contributed by atoms with Crippen molar-refractivity contribution in [2.24, 2.45) is 0 Å². The number of carbonyl (C=O) groups is 1. The number of ether oxygens (including phenoxy) is 1. The van der Waals surface area contributed by atoms with Crippen LogP contribution in [-0.4, -0.2) is 15.7 Å². The highest BCUT2D eigenvalue weighted by atomic mass is 16.5. The lowest BCUT2D eigenvalue weighted by Gasteiger charge is -2.19. The van der Waals surface area contributed by atoms with Crippen LogP contribution in [0, 0.1) is 0 Å². The molecule has 0 fully saturated rings. The minimum absolute atomic E-state index is 0.0667. The van der Waals surface area contributed by atoms with Crippen molar-refractivity contribution >= 4 is 11.8 Å². The molecule has 0 saturated heterocycles. The summed E-state index contributed by atoms with van der Waals surface area (Å²) in [6.07, 6.45) is 1.65. The molecular formula is C16H21N3O2. The number of hydrogen-bond acceptors (Lipinski definition) is 4. The molecule has 0 atom stereocenters. The maximum absolute atomic E-state index is 11.7. The Kier molecular flexibility index (Phi) is 4.31. The van der Waals surface area contributed by atoms with Crippen LogP contribution in [0.4, 0.5) is 5.82 Å². The minimum atomic E-state index is -0.335. The van der Waals surface area contributed by atoms with E-state index in [0.29, 0.717) is 5.82 Å². The molecule has 0 saturated carbocycles. The Labute approximate surface area is 124 Å². The monoisotopic (exact) mass is 287 g/mol. The van der Waals surface area contributed by atoms with Gasteiger partial charge in [-0.25, -0.2) is 0 Å². The zero-order valence-corrected chi connectivity index (χ0v) is 12.7. The first kappa shape index (κ1) is 15.1. The van der Waals surface area contributed by atoms with Gasteiger partial charge in [0.2, 0.25) is 0 Å². The van der Waals surface area contributed by atoms with Crippen LogP contribution in [0.25, 0.3) is 0 Å². The van der Waals surface area contributed by atoms with Gasteiger partial charge in [0.05, 0.1) is 0 Å². The number of hydrogen-bond donors (Lipinski definition) is 1. The lowest BCUT2D eigenvalue weighted by atomic mass is 9.87. The Balaban J connectivity index is 1.86. The summed E-state index contributed by atoms with van der Waals surface area (Å²) in [4.78, 5) is 11.7. The molecule has 0 aliphatic carbocycles. The molecule has 0 bridgehead atoms. The third-order valence-corrected chi connectivity index (χ3v) is 3.17. The quantitative estimate of drug-likeness (QED) is 0.877. The molecule has 2 N–H and O–H groups in total. The van der Waals surface area contributed by atoms with Gasteiger partial charge in [0.25, 0.3) is 0 Å². The molecule has 21 heavy (non-hydrogen) atoms. The molecule has 5 heteroatoms. The smallest absolute Gasteiger partial charge is 0.328 e. The summed E-state index contributed by atoms with van der Waals surface area (Å²) in [5.74, 6) is 0.0542. The zero-order chi connectivity index (χ0) is 15.5. The number of nitrogen functional groups attached to an aromatic ring is 1. The van der Waals surface area contributed by atoms with Crippen molar-refractivity contribution in [3.05, 3.63) is 47.7 Å². The third kappa shape index (κ3) is 4.34. The van der Waals surface area contributed by atoms with Crippen LogP contribution in [-0.2, 0) is 28.1 Å². The van der Waals surface area contributed by atoms with Gasteiger partial charge in [-0.2, -0.15) is 5.10 Å². The minimum Gasteiger partial charge on any atom is -0.459 e. The summed E-state index contributed by atoms with van der Waals surface area (Å²) in [6, 6.07) is 9.74. The first-order chi connectivity index (χ1) is 9.84. The Hall–Kier alpha value is -2.30. The summed E-state index contributed by atoms with van der Waals surface area (Å²) in [5, 5.41) is 3.94. The number of aromatic nitrogens is 2. The topological polar surface area (TPSA) is 70.1 Å². The van der Waals surface area contributed by atoms with Crippen LogP contribution in [0.5, 0.6) is 0 Å². The molecule has 0 unspecified atom stereocenters. The lowest BCUT2D eigenvalue weighted by Crippen LogP contribution is -2.14. The van der Waals surface area contributed by atoms with Gasteiger partial charge in [-0.05, 0) is 22.6 Å². The number of carbonyl (C=O) groups excluding carboxylic acids is 1. The lowest BCUT2D eigenvalue weighted by molar-refractivity contribution is -0.145. The van der Waals surface area contributed by atoms with Gasteiger partial charge in [0.1, 0.15) is 19.0 Å². The van der Waals surface area contributed by atoms with E-state index < -0.39 is 0 Å². The molecule has 112 valence electrons. The summed E-state index contributed by atoms with van der Waals surface area (Å²) < 4.78 is 6.68. The average molecular weight is 287 g/mol. The number of anilines is 1. The van der Waals surface area contributed by atoms with Crippen LogP contribution in [0.3, 0.4) is 0 Å². The highest BCUT2D eigenvalue weighted by Gasteiger charge is 2.13. The van der Waals surface area contributed by atoms with Crippen molar-refractivity contribution in [3.63, 3.8) is 0 Å². The molecule has 5 nitrogen and oxygen atoms in total.